The predicted molar refractivity (Wildman–Crippen MR) is 59.3 cm³/mol. The van der Waals surface area contributed by atoms with Crippen LogP contribution >= 0.6 is 0 Å². The number of benzene rings is 1. The normalized spacial score (nSPS) is 11.6. The Kier molecular flexibility index (Phi) is 6.04. The van der Waals surface area contributed by atoms with Crippen molar-refractivity contribution < 1.29 is 32.1 Å². The molecule has 1 N–H and O–H groups in total. The van der Waals surface area contributed by atoms with E-state index in [9.17, 15) is 17.6 Å². The van der Waals surface area contributed by atoms with Crippen molar-refractivity contribution >= 4 is 0 Å². The Morgan fingerprint density at radius 1 is 1.16 bits per heavy atom. The zero-order valence-corrected chi connectivity index (χ0v) is 10.0. The molecule has 0 bridgehead atoms. The molecule has 1 aromatic carbocycles. The molecular formula is C12H14F4O3. The van der Waals surface area contributed by atoms with Crippen LogP contribution in [0.2, 0.25) is 0 Å². The molecule has 0 heterocycles. The molecule has 0 aliphatic carbocycles. The molecule has 0 spiro atoms. The zero-order valence-electron chi connectivity index (χ0n) is 10.0. The van der Waals surface area contributed by atoms with Crippen molar-refractivity contribution in [2.45, 2.75) is 19.2 Å². The van der Waals surface area contributed by atoms with Gasteiger partial charge in [0.15, 0.2) is 11.6 Å². The minimum Gasteiger partial charge on any atom is -0.490 e. The van der Waals surface area contributed by atoms with Crippen LogP contribution in [0.25, 0.3) is 0 Å². The molecule has 0 amide bonds. The van der Waals surface area contributed by atoms with E-state index in [4.69, 9.17) is 9.84 Å². The Morgan fingerprint density at radius 3 is 2.47 bits per heavy atom. The predicted octanol–water partition coefficient (Wildman–Crippen LogP) is 2.67. The van der Waals surface area contributed by atoms with Crippen molar-refractivity contribution in [3.63, 3.8) is 0 Å². The quantitative estimate of drug-likeness (QED) is 0.617. The van der Waals surface area contributed by atoms with E-state index >= 15 is 0 Å². The van der Waals surface area contributed by atoms with Crippen molar-refractivity contribution in [1.82, 2.24) is 0 Å². The molecule has 0 fully saturated rings. The van der Waals surface area contributed by atoms with Gasteiger partial charge in [-0.3, -0.25) is 0 Å². The van der Waals surface area contributed by atoms with E-state index in [1.165, 1.54) is 12.1 Å². The van der Waals surface area contributed by atoms with Crippen molar-refractivity contribution in [2.24, 2.45) is 0 Å². The van der Waals surface area contributed by atoms with Crippen LogP contribution < -0.4 is 4.74 Å². The maximum absolute atomic E-state index is 13.4. The summed E-state index contributed by atoms with van der Waals surface area (Å²) in [6, 6.07) is 3.99. The van der Waals surface area contributed by atoms with E-state index in [1.54, 1.807) is 0 Å². The SMILES string of the molecule is OCc1ccc(OCCCOCC(F)(F)F)c(F)c1. The Labute approximate surface area is 107 Å². The van der Waals surface area contributed by atoms with Crippen LogP contribution in [0.5, 0.6) is 5.75 Å². The summed E-state index contributed by atoms with van der Waals surface area (Å²) in [5.74, 6) is -0.629. The molecule has 7 heteroatoms. The fourth-order valence-electron chi connectivity index (χ4n) is 1.29. The Morgan fingerprint density at radius 2 is 1.89 bits per heavy atom. The molecule has 0 aliphatic rings. The molecule has 0 aromatic heterocycles. The van der Waals surface area contributed by atoms with E-state index in [1.807, 2.05) is 0 Å². The molecule has 0 saturated carbocycles. The highest BCUT2D eigenvalue weighted by atomic mass is 19.4. The lowest BCUT2D eigenvalue weighted by Gasteiger charge is -2.09. The van der Waals surface area contributed by atoms with Gasteiger partial charge in [-0.1, -0.05) is 6.07 Å². The van der Waals surface area contributed by atoms with Gasteiger partial charge in [0.2, 0.25) is 0 Å². The van der Waals surface area contributed by atoms with Crippen LogP contribution in [0, 0.1) is 5.82 Å². The third kappa shape index (κ3) is 6.40. The van der Waals surface area contributed by atoms with Gasteiger partial charge in [-0.05, 0) is 17.7 Å². The Balaban J connectivity index is 2.23. The molecule has 19 heavy (non-hydrogen) atoms. The molecular weight excluding hydrogens is 268 g/mol. The first-order valence-electron chi connectivity index (χ1n) is 5.59. The number of aliphatic hydroxyl groups excluding tert-OH is 1. The number of hydrogen-bond donors (Lipinski definition) is 1. The first kappa shape index (κ1) is 15.7. The summed E-state index contributed by atoms with van der Waals surface area (Å²) < 4.78 is 58.0. The second-order valence-corrected chi connectivity index (χ2v) is 3.79. The van der Waals surface area contributed by atoms with Gasteiger partial charge >= 0.3 is 6.18 Å². The second-order valence-electron chi connectivity index (χ2n) is 3.79. The first-order valence-corrected chi connectivity index (χ1v) is 5.59. The van der Waals surface area contributed by atoms with Gasteiger partial charge in [-0.2, -0.15) is 13.2 Å². The van der Waals surface area contributed by atoms with Crippen molar-refractivity contribution in [1.29, 1.82) is 0 Å². The standard InChI is InChI=1S/C12H14F4O3/c13-10-6-9(7-17)2-3-11(10)19-5-1-4-18-8-12(14,15)16/h2-3,6,17H,1,4-5,7-8H2. The molecule has 0 atom stereocenters. The lowest BCUT2D eigenvalue weighted by molar-refractivity contribution is -0.174. The van der Waals surface area contributed by atoms with Crippen LogP contribution in [-0.4, -0.2) is 31.1 Å². The molecule has 1 rings (SSSR count). The summed E-state index contributed by atoms with van der Waals surface area (Å²) in [5, 5.41) is 8.78. The van der Waals surface area contributed by atoms with Crippen LogP contribution in [-0.2, 0) is 11.3 Å². The summed E-state index contributed by atoms with van der Waals surface area (Å²) in [5.41, 5.74) is 0.415. The summed E-state index contributed by atoms with van der Waals surface area (Å²) >= 11 is 0. The van der Waals surface area contributed by atoms with Gasteiger partial charge < -0.3 is 14.6 Å². The van der Waals surface area contributed by atoms with Gasteiger partial charge in [-0.25, -0.2) is 4.39 Å². The molecule has 108 valence electrons. The van der Waals surface area contributed by atoms with Crippen LogP contribution in [0.3, 0.4) is 0 Å². The van der Waals surface area contributed by atoms with Gasteiger partial charge in [0.1, 0.15) is 6.61 Å². The smallest absolute Gasteiger partial charge is 0.411 e. The number of halogens is 4. The second kappa shape index (κ2) is 7.30. The molecule has 0 unspecified atom stereocenters. The van der Waals surface area contributed by atoms with E-state index in [-0.39, 0.29) is 32.0 Å². The number of ether oxygens (including phenoxy) is 2. The fraction of sp³-hybridized carbons (Fsp3) is 0.500. The van der Waals surface area contributed by atoms with E-state index in [0.29, 0.717) is 5.56 Å². The van der Waals surface area contributed by atoms with Crippen molar-refractivity contribution in [3.05, 3.63) is 29.6 Å². The number of rotatable bonds is 7. The topological polar surface area (TPSA) is 38.7 Å². The van der Waals surface area contributed by atoms with Crippen LogP contribution in [0.15, 0.2) is 18.2 Å². The van der Waals surface area contributed by atoms with Gasteiger partial charge in [0.25, 0.3) is 0 Å². The number of hydrogen-bond acceptors (Lipinski definition) is 3. The highest BCUT2D eigenvalue weighted by molar-refractivity contribution is 5.28. The Hall–Kier alpha value is -1.34. The monoisotopic (exact) mass is 282 g/mol. The molecule has 1 aromatic rings. The minimum atomic E-state index is -4.34. The zero-order chi connectivity index (χ0) is 14.3. The van der Waals surface area contributed by atoms with Gasteiger partial charge in [0, 0.05) is 6.42 Å². The number of aliphatic hydroxyl groups is 1. The van der Waals surface area contributed by atoms with Crippen molar-refractivity contribution in [2.75, 3.05) is 19.8 Å². The molecule has 3 nitrogen and oxygen atoms in total. The van der Waals surface area contributed by atoms with E-state index in [2.05, 4.69) is 4.74 Å². The van der Waals surface area contributed by atoms with E-state index in [0.717, 1.165) is 6.07 Å². The maximum atomic E-state index is 13.4. The van der Waals surface area contributed by atoms with Gasteiger partial charge in [-0.15, -0.1) is 0 Å². The van der Waals surface area contributed by atoms with Gasteiger partial charge in [0.05, 0.1) is 19.8 Å². The average Bonchev–Trinajstić information content (AvgIpc) is 2.33. The summed E-state index contributed by atoms with van der Waals surface area (Å²) in [6.07, 6.45) is -4.12. The van der Waals surface area contributed by atoms with Crippen LogP contribution in [0.4, 0.5) is 17.6 Å². The molecule has 0 radical (unpaired) electrons. The average molecular weight is 282 g/mol. The summed E-state index contributed by atoms with van der Waals surface area (Å²) in [6.45, 7) is -1.64. The van der Waals surface area contributed by atoms with Crippen LogP contribution in [0.1, 0.15) is 12.0 Å². The largest absolute Gasteiger partial charge is 0.490 e. The van der Waals surface area contributed by atoms with E-state index < -0.39 is 18.6 Å². The highest BCUT2D eigenvalue weighted by Gasteiger charge is 2.27. The van der Waals surface area contributed by atoms with Crippen molar-refractivity contribution in [3.8, 4) is 5.75 Å². The first-order chi connectivity index (χ1) is 8.92. The summed E-state index contributed by atoms with van der Waals surface area (Å²) in [4.78, 5) is 0. The number of alkyl halides is 3. The molecule has 0 aliphatic heterocycles. The lowest BCUT2D eigenvalue weighted by atomic mass is 10.2. The third-order valence-corrected chi connectivity index (χ3v) is 2.14. The molecule has 0 saturated heterocycles. The lowest BCUT2D eigenvalue weighted by Crippen LogP contribution is -2.18. The Bertz CT molecular complexity index is 393. The fourth-order valence-corrected chi connectivity index (χ4v) is 1.29. The third-order valence-electron chi connectivity index (χ3n) is 2.14. The highest BCUT2D eigenvalue weighted by Crippen LogP contribution is 2.18. The maximum Gasteiger partial charge on any atom is 0.411 e. The summed E-state index contributed by atoms with van der Waals surface area (Å²) in [7, 11) is 0. The minimum absolute atomic E-state index is 0.00646.